The normalized spacial score (nSPS) is 10.5. The van der Waals surface area contributed by atoms with Crippen LogP contribution in [-0.2, 0) is 0 Å². The molecule has 0 aliphatic rings. The first-order valence-corrected chi connectivity index (χ1v) is 8.02. The van der Waals surface area contributed by atoms with Gasteiger partial charge in [0, 0.05) is 18.3 Å². The summed E-state index contributed by atoms with van der Waals surface area (Å²) < 4.78 is 0. The number of aromatic amines is 1. The van der Waals surface area contributed by atoms with E-state index in [1.54, 1.807) is 43.4 Å². The van der Waals surface area contributed by atoms with Crippen molar-refractivity contribution >= 4 is 17.9 Å². The van der Waals surface area contributed by atoms with Crippen molar-refractivity contribution in [2.24, 2.45) is 5.10 Å². The van der Waals surface area contributed by atoms with Gasteiger partial charge in [0.1, 0.15) is 17.4 Å². The van der Waals surface area contributed by atoms with Gasteiger partial charge >= 0.3 is 0 Å². The maximum Gasteiger partial charge on any atom is 0.270 e. The Labute approximate surface area is 154 Å². The molecule has 0 aliphatic heterocycles. The number of rotatable bonds is 5. The maximum atomic E-state index is 12.2. The Morgan fingerprint density at radius 1 is 1.22 bits per heavy atom. The number of phenols is 1. The lowest BCUT2D eigenvalue weighted by atomic mass is 10.1. The summed E-state index contributed by atoms with van der Waals surface area (Å²) in [5, 5.41) is 26.2. The molecule has 3 rings (SSSR count). The number of hydrogen-bond acceptors (Lipinski definition) is 7. The first kappa shape index (κ1) is 17.7. The van der Waals surface area contributed by atoms with E-state index in [2.05, 4.69) is 25.8 Å². The summed E-state index contributed by atoms with van der Waals surface area (Å²) in [5.74, 6) is 0.134. The van der Waals surface area contributed by atoms with Gasteiger partial charge in [-0.05, 0) is 12.1 Å². The minimum Gasteiger partial charge on any atom is -0.507 e. The molecule has 0 bridgehead atoms. The van der Waals surface area contributed by atoms with Gasteiger partial charge in [-0.25, -0.2) is 10.4 Å². The molecule has 0 saturated carbocycles. The highest BCUT2D eigenvalue weighted by Crippen LogP contribution is 2.23. The van der Waals surface area contributed by atoms with Crippen LogP contribution >= 0.6 is 0 Å². The predicted molar refractivity (Wildman–Crippen MR) is 104 cm³/mol. The maximum absolute atomic E-state index is 12.2. The van der Waals surface area contributed by atoms with Crippen LogP contribution in [0.25, 0.3) is 11.3 Å². The van der Waals surface area contributed by atoms with Gasteiger partial charge in [0.15, 0.2) is 0 Å². The lowest BCUT2D eigenvalue weighted by molar-refractivity contribution is 0.475. The Balaban J connectivity index is 1.94. The summed E-state index contributed by atoms with van der Waals surface area (Å²) in [6.45, 7) is 0. The molecular formula is C19H16N6O2. The Morgan fingerprint density at radius 3 is 2.70 bits per heavy atom. The first-order chi connectivity index (χ1) is 13.1. The topological polar surface area (TPSA) is 126 Å². The number of aromatic nitrogens is 2. The number of anilines is 2. The highest BCUT2D eigenvalue weighted by molar-refractivity contribution is 5.91. The third-order valence-electron chi connectivity index (χ3n) is 3.79. The Morgan fingerprint density at radius 2 is 2.00 bits per heavy atom. The van der Waals surface area contributed by atoms with Gasteiger partial charge in [0.2, 0.25) is 5.95 Å². The van der Waals surface area contributed by atoms with E-state index in [9.17, 15) is 15.2 Å². The highest BCUT2D eigenvalue weighted by Gasteiger charge is 2.13. The molecule has 0 fully saturated rings. The third kappa shape index (κ3) is 3.77. The van der Waals surface area contributed by atoms with Crippen LogP contribution < -0.4 is 16.3 Å². The van der Waals surface area contributed by atoms with E-state index >= 15 is 0 Å². The molecule has 2 aromatic carbocycles. The van der Waals surface area contributed by atoms with Crippen molar-refractivity contribution in [3.63, 3.8) is 0 Å². The quantitative estimate of drug-likeness (QED) is 0.409. The van der Waals surface area contributed by atoms with Gasteiger partial charge in [-0.2, -0.15) is 10.4 Å². The molecule has 0 aliphatic carbocycles. The van der Waals surface area contributed by atoms with E-state index in [0.29, 0.717) is 16.8 Å². The Kier molecular flexibility index (Phi) is 5.14. The second-order valence-electron chi connectivity index (χ2n) is 5.47. The van der Waals surface area contributed by atoms with Crippen LogP contribution in [0.2, 0.25) is 0 Å². The smallest absolute Gasteiger partial charge is 0.270 e. The fourth-order valence-corrected chi connectivity index (χ4v) is 2.50. The van der Waals surface area contributed by atoms with Crippen LogP contribution in [0, 0.1) is 11.3 Å². The summed E-state index contributed by atoms with van der Waals surface area (Å²) in [7, 11) is 1.73. The molecule has 0 spiro atoms. The summed E-state index contributed by atoms with van der Waals surface area (Å²) in [5.41, 5.74) is 4.06. The van der Waals surface area contributed by atoms with Gasteiger partial charge in [0.05, 0.1) is 17.5 Å². The number of H-pyrrole nitrogens is 1. The van der Waals surface area contributed by atoms with Crippen LogP contribution in [0.5, 0.6) is 5.75 Å². The van der Waals surface area contributed by atoms with Gasteiger partial charge < -0.3 is 10.4 Å². The molecule has 0 unspecified atom stereocenters. The van der Waals surface area contributed by atoms with E-state index in [-0.39, 0.29) is 23.0 Å². The van der Waals surface area contributed by atoms with Crippen LogP contribution in [0.3, 0.4) is 0 Å². The van der Waals surface area contributed by atoms with Gasteiger partial charge in [0.25, 0.3) is 5.56 Å². The van der Waals surface area contributed by atoms with Crippen LogP contribution in [0.15, 0.2) is 58.4 Å². The molecule has 0 atom stereocenters. The van der Waals surface area contributed by atoms with Crippen molar-refractivity contribution in [2.45, 2.75) is 0 Å². The monoisotopic (exact) mass is 360 g/mol. The summed E-state index contributed by atoms with van der Waals surface area (Å²) in [4.78, 5) is 19.0. The zero-order valence-corrected chi connectivity index (χ0v) is 14.4. The molecular weight excluding hydrogens is 344 g/mol. The van der Waals surface area contributed by atoms with Gasteiger partial charge in [-0.15, -0.1) is 0 Å². The third-order valence-corrected chi connectivity index (χ3v) is 3.79. The van der Waals surface area contributed by atoms with E-state index in [0.717, 1.165) is 0 Å². The Hall–Kier alpha value is -4.12. The van der Waals surface area contributed by atoms with E-state index in [1.807, 2.05) is 12.1 Å². The molecule has 1 aromatic heterocycles. The zero-order chi connectivity index (χ0) is 19.2. The number of nitrogens with zero attached hydrogens (tertiary/aromatic N) is 3. The molecule has 0 amide bonds. The molecule has 3 aromatic rings. The number of hydrogen-bond donors (Lipinski definition) is 4. The lowest BCUT2D eigenvalue weighted by Gasteiger charge is -2.07. The Bertz CT molecular complexity index is 1080. The number of phenolic OH excluding ortho intramolecular Hbond substituents is 1. The summed E-state index contributed by atoms with van der Waals surface area (Å²) in [6.07, 6.45) is 1.40. The van der Waals surface area contributed by atoms with Crippen molar-refractivity contribution in [1.82, 2.24) is 9.97 Å². The van der Waals surface area contributed by atoms with Crippen LogP contribution in [0.4, 0.5) is 11.6 Å². The molecule has 0 saturated heterocycles. The van der Waals surface area contributed by atoms with Gasteiger partial charge in [-0.3, -0.25) is 9.78 Å². The SMILES string of the molecule is CNc1cccc(O)c1C=NNc1nc(-c2ccccc2)c(C#N)c(=O)[nH]1. The van der Waals surface area contributed by atoms with Crippen molar-refractivity contribution in [3.8, 4) is 23.1 Å². The molecule has 27 heavy (non-hydrogen) atoms. The van der Waals surface area contributed by atoms with Crippen molar-refractivity contribution < 1.29 is 5.11 Å². The highest BCUT2D eigenvalue weighted by atomic mass is 16.3. The molecule has 134 valence electrons. The van der Waals surface area contributed by atoms with E-state index < -0.39 is 5.56 Å². The second kappa shape index (κ2) is 7.84. The summed E-state index contributed by atoms with van der Waals surface area (Å²) in [6, 6.07) is 15.9. The van der Waals surface area contributed by atoms with Crippen LogP contribution in [0.1, 0.15) is 11.1 Å². The van der Waals surface area contributed by atoms with Crippen molar-refractivity contribution in [1.29, 1.82) is 5.26 Å². The van der Waals surface area contributed by atoms with Crippen molar-refractivity contribution in [2.75, 3.05) is 17.8 Å². The molecule has 4 N–H and O–H groups in total. The molecule has 0 radical (unpaired) electrons. The minimum atomic E-state index is -0.567. The number of nitrogens with one attached hydrogen (secondary N) is 3. The first-order valence-electron chi connectivity index (χ1n) is 8.02. The fourth-order valence-electron chi connectivity index (χ4n) is 2.50. The average molecular weight is 360 g/mol. The number of nitriles is 1. The van der Waals surface area contributed by atoms with Crippen LogP contribution in [-0.4, -0.2) is 28.3 Å². The average Bonchev–Trinajstić information content (AvgIpc) is 2.69. The molecule has 8 nitrogen and oxygen atoms in total. The minimum absolute atomic E-state index is 0.0543. The van der Waals surface area contributed by atoms with Gasteiger partial charge in [-0.1, -0.05) is 36.4 Å². The standard InChI is InChI=1S/C19H16N6O2/c1-21-15-8-5-9-16(26)14(15)11-22-25-19-23-17(12-6-3-2-4-7-12)13(10-20)18(27)24-19/h2-9,11,21,26H,1H3,(H2,23,24,25,27). The lowest BCUT2D eigenvalue weighted by Crippen LogP contribution is -2.16. The molecule has 1 heterocycles. The van der Waals surface area contributed by atoms with E-state index in [4.69, 9.17) is 0 Å². The molecule has 8 heteroatoms. The number of benzene rings is 2. The zero-order valence-electron chi connectivity index (χ0n) is 14.4. The van der Waals surface area contributed by atoms with E-state index in [1.165, 1.54) is 12.3 Å². The predicted octanol–water partition coefficient (Wildman–Crippen LogP) is 2.50. The largest absolute Gasteiger partial charge is 0.507 e. The fraction of sp³-hybridized carbons (Fsp3) is 0.0526. The second-order valence-corrected chi connectivity index (χ2v) is 5.47. The summed E-state index contributed by atoms with van der Waals surface area (Å²) >= 11 is 0. The number of aromatic hydroxyl groups is 1. The number of hydrazone groups is 1. The van der Waals surface area contributed by atoms with Crippen molar-refractivity contribution in [3.05, 3.63) is 70.0 Å².